The Kier molecular flexibility index (Phi) is 3.17. The van der Waals surface area contributed by atoms with Crippen LogP contribution in [0.2, 0.25) is 0 Å². The quantitative estimate of drug-likeness (QED) is 0.682. The van der Waals surface area contributed by atoms with Gasteiger partial charge in [-0.1, -0.05) is 6.08 Å². The topological polar surface area (TPSA) is 38.9 Å². The highest BCUT2D eigenvalue weighted by atomic mass is 32.1. The third-order valence-corrected chi connectivity index (χ3v) is 1.69. The number of pyridine rings is 1. The SMILES string of the molecule is Cc1ccc(N)c(C=CCS)n1. The van der Waals surface area contributed by atoms with Crippen LogP contribution in [0.3, 0.4) is 0 Å². The number of thiol groups is 1. The number of nitrogens with zero attached hydrogens (tertiary/aromatic N) is 1. The van der Waals surface area contributed by atoms with Gasteiger partial charge in [-0.05, 0) is 25.1 Å². The van der Waals surface area contributed by atoms with E-state index in [4.69, 9.17) is 5.73 Å². The zero-order valence-electron chi connectivity index (χ0n) is 6.99. The van der Waals surface area contributed by atoms with E-state index < -0.39 is 0 Å². The third kappa shape index (κ3) is 2.27. The Labute approximate surface area is 77.9 Å². The Morgan fingerprint density at radius 3 is 3.00 bits per heavy atom. The van der Waals surface area contributed by atoms with Crippen molar-refractivity contribution in [3.05, 3.63) is 29.6 Å². The number of hydrogen-bond acceptors (Lipinski definition) is 3. The van der Waals surface area contributed by atoms with E-state index in [1.54, 1.807) is 0 Å². The third-order valence-electron chi connectivity index (χ3n) is 1.48. The fourth-order valence-corrected chi connectivity index (χ4v) is 0.991. The molecular formula is C9H12N2S. The van der Waals surface area contributed by atoms with E-state index in [0.717, 1.165) is 11.4 Å². The molecule has 1 aromatic heterocycles. The van der Waals surface area contributed by atoms with Gasteiger partial charge in [0.15, 0.2) is 0 Å². The van der Waals surface area contributed by atoms with Crippen molar-refractivity contribution in [1.82, 2.24) is 4.98 Å². The monoisotopic (exact) mass is 180 g/mol. The lowest BCUT2D eigenvalue weighted by Crippen LogP contribution is -1.93. The Hall–Kier alpha value is -0.960. The first kappa shape index (κ1) is 9.13. The van der Waals surface area contributed by atoms with Crippen LogP contribution in [-0.4, -0.2) is 10.7 Å². The van der Waals surface area contributed by atoms with Gasteiger partial charge in [-0.3, -0.25) is 4.98 Å². The van der Waals surface area contributed by atoms with Crippen LogP contribution in [-0.2, 0) is 0 Å². The molecule has 3 heteroatoms. The van der Waals surface area contributed by atoms with Crippen molar-refractivity contribution >= 4 is 24.4 Å². The van der Waals surface area contributed by atoms with Crippen molar-refractivity contribution in [2.75, 3.05) is 11.5 Å². The van der Waals surface area contributed by atoms with Gasteiger partial charge < -0.3 is 5.73 Å². The first-order valence-corrected chi connectivity index (χ1v) is 4.38. The summed E-state index contributed by atoms with van der Waals surface area (Å²) in [6.07, 6.45) is 3.80. The summed E-state index contributed by atoms with van der Waals surface area (Å²) in [4.78, 5) is 4.26. The second kappa shape index (κ2) is 4.16. The molecule has 0 atom stereocenters. The van der Waals surface area contributed by atoms with Gasteiger partial charge in [0.25, 0.3) is 0 Å². The minimum Gasteiger partial charge on any atom is -0.397 e. The maximum absolute atomic E-state index is 5.69. The summed E-state index contributed by atoms with van der Waals surface area (Å²) in [5.74, 6) is 0.703. The number of aromatic nitrogens is 1. The molecule has 0 aliphatic rings. The molecule has 0 saturated carbocycles. The molecule has 0 aliphatic carbocycles. The van der Waals surface area contributed by atoms with Crippen molar-refractivity contribution in [3.63, 3.8) is 0 Å². The van der Waals surface area contributed by atoms with Gasteiger partial charge in [-0.15, -0.1) is 0 Å². The van der Waals surface area contributed by atoms with E-state index in [9.17, 15) is 0 Å². The van der Waals surface area contributed by atoms with E-state index in [1.165, 1.54) is 0 Å². The van der Waals surface area contributed by atoms with Crippen molar-refractivity contribution in [2.24, 2.45) is 0 Å². The maximum Gasteiger partial charge on any atom is 0.0859 e. The number of aryl methyl sites for hydroxylation is 1. The van der Waals surface area contributed by atoms with Crippen LogP contribution in [0.25, 0.3) is 6.08 Å². The second-order valence-corrected chi connectivity index (χ2v) is 2.88. The summed E-state index contributed by atoms with van der Waals surface area (Å²) < 4.78 is 0. The largest absolute Gasteiger partial charge is 0.397 e. The van der Waals surface area contributed by atoms with E-state index in [2.05, 4.69) is 17.6 Å². The molecule has 0 amide bonds. The van der Waals surface area contributed by atoms with E-state index in [-0.39, 0.29) is 0 Å². The van der Waals surface area contributed by atoms with E-state index in [1.807, 2.05) is 31.2 Å². The van der Waals surface area contributed by atoms with Crippen molar-refractivity contribution in [1.29, 1.82) is 0 Å². The first-order valence-electron chi connectivity index (χ1n) is 3.74. The molecule has 0 aliphatic heterocycles. The average molecular weight is 180 g/mol. The predicted molar refractivity (Wildman–Crippen MR) is 56.3 cm³/mol. The predicted octanol–water partition coefficient (Wildman–Crippen LogP) is 1.92. The van der Waals surface area contributed by atoms with Gasteiger partial charge in [0.05, 0.1) is 11.4 Å². The Bertz CT molecular complexity index is 295. The van der Waals surface area contributed by atoms with Gasteiger partial charge in [0, 0.05) is 11.4 Å². The van der Waals surface area contributed by atoms with Crippen LogP contribution in [0.1, 0.15) is 11.4 Å². The average Bonchev–Trinajstić information content (AvgIpc) is 2.07. The molecule has 0 bridgehead atoms. The molecular weight excluding hydrogens is 168 g/mol. The summed E-state index contributed by atoms with van der Waals surface area (Å²) >= 11 is 4.06. The molecule has 1 heterocycles. The molecule has 12 heavy (non-hydrogen) atoms. The lowest BCUT2D eigenvalue weighted by molar-refractivity contribution is 1.18. The van der Waals surface area contributed by atoms with Gasteiger partial charge >= 0.3 is 0 Å². The Morgan fingerprint density at radius 2 is 2.33 bits per heavy atom. The Morgan fingerprint density at radius 1 is 1.58 bits per heavy atom. The summed E-state index contributed by atoms with van der Waals surface area (Å²) in [7, 11) is 0. The lowest BCUT2D eigenvalue weighted by atomic mass is 10.2. The highest BCUT2D eigenvalue weighted by Gasteiger charge is 1.95. The van der Waals surface area contributed by atoms with Crippen LogP contribution in [0.15, 0.2) is 18.2 Å². The van der Waals surface area contributed by atoms with E-state index >= 15 is 0 Å². The van der Waals surface area contributed by atoms with Gasteiger partial charge in [0.1, 0.15) is 0 Å². The standard InChI is InChI=1S/C9H12N2S/c1-7-4-5-8(10)9(11-7)3-2-6-12/h2-5,12H,6,10H2,1H3. The van der Waals surface area contributed by atoms with Crippen molar-refractivity contribution < 1.29 is 0 Å². The number of hydrogen-bond donors (Lipinski definition) is 2. The maximum atomic E-state index is 5.69. The molecule has 0 unspecified atom stereocenters. The van der Waals surface area contributed by atoms with Gasteiger partial charge in [-0.25, -0.2) is 0 Å². The molecule has 0 spiro atoms. The molecule has 1 rings (SSSR count). The second-order valence-electron chi connectivity index (χ2n) is 2.51. The minimum absolute atomic E-state index is 0.703. The van der Waals surface area contributed by atoms with Crippen LogP contribution in [0, 0.1) is 6.92 Å². The highest BCUT2D eigenvalue weighted by molar-refractivity contribution is 7.80. The molecule has 2 nitrogen and oxygen atoms in total. The van der Waals surface area contributed by atoms with E-state index in [0.29, 0.717) is 11.4 Å². The van der Waals surface area contributed by atoms with Crippen LogP contribution in [0.5, 0.6) is 0 Å². The number of nitrogens with two attached hydrogens (primary N) is 1. The smallest absolute Gasteiger partial charge is 0.0859 e. The zero-order valence-corrected chi connectivity index (χ0v) is 7.88. The lowest BCUT2D eigenvalue weighted by Gasteiger charge is -1.99. The van der Waals surface area contributed by atoms with Gasteiger partial charge in [0.2, 0.25) is 0 Å². The Balaban J connectivity index is 2.97. The minimum atomic E-state index is 0.703. The zero-order chi connectivity index (χ0) is 8.97. The molecule has 0 saturated heterocycles. The van der Waals surface area contributed by atoms with Crippen LogP contribution < -0.4 is 5.73 Å². The summed E-state index contributed by atoms with van der Waals surface area (Å²) in [5.41, 5.74) is 8.20. The first-order chi connectivity index (χ1) is 5.74. The van der Waals surface area contributed by atoms with Gasteiger partial charge in [-0.2, -0.15) is 12.6 Å². The molecule has 0 radical (unpaired) electrons. The van der Waals surface area contributed by atoms with Crippen LogP contribution >= 0.6 is 12.6 Å². The molecule has 64 valence electrons. The number of rotatable bonds is 2. The molecule has 1 aromatic rings. The molecule has 0 aromatic carbocycles. The van der Waals surface area contributed by atoms with Crippen molar-refractivity contribution in [2.45, 2.75) is 6.92 Å². The molecule has 0 fully saturated rings. The molecule has 2 N–H and O–H groups in total. The normalized spacial score (nSPS) is 10.8. The highest BCUT2D eigenvalue weighted by Crippen LogP contribution is 2.10. The number of nitrogen functional groups attached to an aromatic ring is 1. The van der Waals surface area contributed by atoms with Crippen LogP contribution in [0.4, 0.5) is 5.69 Å². The summed E-state index contributed by atoms with van der Waals surface area (Å²) in [6, 6.07) is 3.76. The fraction of sp³-hybridized carbons (Fsp3) is 0.222. The van der Waals surface area contributed by atoms with Crippen molar-refractivity contribution in [3.8, 4) is 0 Å². The summed E-state index contributed by atoms with van der Waals surface area (Å²) in [5, 5.41) is 0. The fourth-order valence-electron chi connectivity index (χ4n) is 0.885. The number of anilines is 1. The summed E-state index contributed by atoms with van der Waals surface area (Å²) in [6.45, 7) is 1.94.